The van der Waals surface area contributed by atoms with Gasteiger partial charge in [-0.25, -0.2) is 0 Å². The van der Waals surface area contributed by atoms with Crippen LogP contribution in [0.4, 0.5) is 0 Å². The second kappa shape index (κ2) is 4.72. The summed E-state index contributed by atoms with van der Waals surface area (Å²) in [7, 11) is 0. The largest absolute Gasteiger partial charge is 0.339 e. The van der Waals surface area contributed by atoms with Crippen LogP contribution < -0.4 is 0 Å². The first-order chi connectivity index (χ1) is 12.6. The third-order valence-corrected chi connectivity index (χ3v) is 2.38. The van der Waals surface area contributed by atoms with Crippen molar-refractivity contribution in [3.05, 3.63) is 36.2 Å². The summed E-state index contributed by atoms with van der Waals surface area (Å²) in [5.41, 5.74) is 0.383. The molecule has 0 radical (unpaired) electrons. The normalized spacial score (nSPS) is 38.1. The van der Waals surface area contributed by atoms with Crippen molar-refractivity contribution in [3.8, 4) is 0 Å². The van der Waals surface area contributed by atoms with Crippen LogP contribution >= 0.6 is 0 Å². The van der Waals surface area contributed by atoms with Crippen LogP contribution in [0.2, 0.25) is 0 Å². The van der Waals surface area contributed by atoms with Crippen molar-refractivity contribution >= 4 is 16.9 Å². The smallest absolute Gasteiger partial charge is 0.253 e. The fourth-order valence-electron chi connectivity index (χ4n) is 1.55. The highest BCUT2D eigenvalue weighted by molar-refractivity contribution is 5.97. The molecule has 1 aliphatic rings. The number of likely N-dealkylation sites (tertiary alicyclic amines) is 1. The molecular weight excluding hydrogens is 226 g/mol. The van der Waals surface area contributed by atoms with Gasteiger partial charge < -0.3 is 4.90 Å². The standard InChI is InChI=1S/C14H15N3O/c18-14(17-8-2-1-3-9-17)11-4-5-12-13(10-11)16-7-6-15-12/h4-7,10H,1-3,8-9H2/i1D2,2D2,3D2,8D2,9D2. The van der Waals surface area contributed by atoms with Gasteiger partial charge in [0.1, 0.15) is 0 Å². The van der Waals surface area contributed by atoms with Gasteiger partial charge in [-0.2, -0.15) is 0 Å². The Morgan fingerprint density at radius 1 is 1.11 bits per heavy atom. The highest BCUT2D eigenvalue weighted by atomic mass is 16.2. The average molecular weight is 251 g/mol. The Balaban J connectivity index is 2.21. The van der Waals surface area contributed by atoms with Crippen LogP contribution in [0.25, 0.3) is 11.0 Å². The molecule has 4 heteroatoms. The van der Waals surface area contributed by atoms with Gasteiger partial charge in [0.25, 0.3) is 5.91 Å². The number of aromatic nitrogens is 2. The minimum atomic E-state index is -3.57. The van der Waals surface area contributed by atoms with Crippen LogP contribution in [0.5, 0.6) is 0 Å². The maximum absolute atomic E-state index is 13.0. The minimum Gasteiger partial charge on any atom is -0.339 e. The van der Waals surface area contributed by atoms with Crippen LogP contribution in [0.15, 0.2) is 30.6 Å². The van der Waals surface area contributed by atoms with Gasteiger partial charge in [-0.3, -0.25) is 14.8 Å². The summed E-state index contributed by atoms with van der Waals surface area (Å²) in [5, 5.41) is 0. The van der Waals surface area contributed by atoms with Gasteiger partial charge in [0.15, 0.2) is 0 Å². The van der Waals surface area contributed by atoms with E-state index in [1.165, 1.54) is 30.6 Å². The Hall–Kier alpha value is -1.97. The Labute approximate surface area is 120 Å². The Morgan fingerprint density at radius 2 is 1.83 bits per heavy atom. The molecule has 4 nitrogen and oxygen atoms in total. The summed E-state index contributed by atoms with van der Waals surface area (Å²) in [4.78, 5) is 20.8. The lowest BCUT2D eigenvalue weighted by atomic mass is 10.1. The first-order valence-electron chi connectivity index (χ1n) is 10.2. The molecule has 1 aromatic carbocycles. The summed E-state index contributed by atoms with van der Waals surface area (Å²) in [5.74, 6) is -1.34. The number of carbonyl (C=O) groups excluding carboxylic acids is 1. The Morgan fingerprint density at radius 3 is 2.61 bits per heavy atom. The Kier molecular flexibility index (Phi) is 1.21. The van der Waals surface area contributed by atoms with Gasteiger partial charge in [-0.05, 0) is 37.3 Å². The second-order valence-corrected chi connectivity index (χ2v) is 3.50. The van der Waals surface area contributed by atoms with Crippen molar-refractivity contribution in [1.29, 1.82) is 0 Å². The van der Waals surface area contributed by atoms with Crippen molar-refractivity contribution in [3.63, 3.8) is 0 Å². The average Bonchev–Trinajstić information content (AvgIpc) is 2.59. The summed E-state index contributed by atoms with van der Waals surface area (Å²) in [6.07, 6.45) is -7.92. The molecule has 0 bridgehead atoms. The van der Waals surface area contributed by atoms with Crippen LogP contribution in [0.1, 0.15) is 43.2 Å². The SMILES string of the molecule is [2H]C1([2H])N(C(=O)c2ccc3nccnc3c2)C([2H])([2H])C([2H])([2H])C([2H])([2H])C1([2H])[2H]. The fraction of sp³-hybridized carbons (Fsp3) is 0.357. The van der Waals surface area contributed by atoms with E-state index in [4.69, 9.17) is 13.7 Å². The highest BCUT2D eigenvalue weighted by Crippen LogP contribution is 2.16. The summed E-state index contributed by atoms with van der Waals surface area (Å²) in [6, 6.07) is 3.79. The van der Waals surface area contributed by atoms with E-state index >= 15 is 0 Å². The molecule has 0 unspecified atom stereocenters. The molecule has 0 spiro atoms. The van der Waals surface area contributed by atoms with Crippen LogP contribution in [0.3, 0.4) is 0 Å². The fourth-order valence-corrected chi connectivity index (χ4v) is 1.55. The number of nitrogens with zero attached hydrogens (tertiary/aromatic N) is 3. The molecule has 1 fully saturated rings. The summed E-state index contributed by atoms with van der Waals surface area (Å²) < 4.78 is 79.2. The molecule has 18 heavy (non-hydrogen) atoms. The lowest BCUT2D eigenvalue weighted by molar-refractivity contribution is 0.0724. The summed E-state index contributed by atoms with van der Waals surface area (Å²) in [6.45, 7) is -7.00. The number of benzene rings is 1. The lowest BCUT2D eigenvalue weighted by Crippen LogP contribution is -2.35. The van der Waals surface area contributed by atoms with Crippen LogP contribution in [0, 0.1) is 0 Å². The number of hydrogen-bond acceptors (Lipinski definition) is 3. The van der Waals surface area contributed by atoms with Crippen molar-refractivity contribution in [1.82, 2.24) is 14.9 Å². The number of rotatable bonds is 1. The molecule has 1 aliphatic heterocycles. The van der Waals surface area contributed by atoms with Gasteiger partial charge in [0.2, 0.25) is 0 Å². The zero-order valence-electron chi connectivity index (χ0n) is 19.1. The molecule has 0 N–H and O–H groups in total. The molecule has 1 saturated heterocycles. The number of fused-ring (bicyclic) bond motifs is 1. The van der Waals surface area contributed by atoms with Gasteiger partial charge in [0, 0.05) is 44.7 Å². The third kappa shape index (κ3) is 2.06. The minimum absolute atomic E-state index is 0.196. The van der Waals surface area contributed by atoms with E-state index in [9.17, 15) is 4.79 Å². The Bertz CT molecular complexity index is 931. The van der Waals surface area contributed by atoms with Crippen molar-refractivity contribution in [2.24, 2.45) is 0 Å². The molecule has 1 aromatic heterocycles. The van der Waals surface area contributed by atoms with E-state index in [1.54, 1.807) is 0 Å². The number of carbonyl (C=O) groups is 1. The molecule has 0 aliphatic carbocycles. The van der Waals surface area contributed by atoms with Crippen LogP contribution in [-0.4, -0.2) is 33.8 Å². The van der Waals surface area contributed by atoms with Gasteiger partial charge >= 0.3 is 0 Å². The van der Waals surface area contributed by atoms with Crippen molar-refractivity contribution < 1.29 is 18.5 Å². The highest BCUT2D eigenvalue weighted by Gasteiger charge is 2.18. The molecule has 1 amide bonds. The van der Waals surface area contributed by atoms with E-state index in [0.29, 0.717) is 5.52 Å². The van der Waals surface area contributed by atoms with Crippen LogP contribution in [-0.2, 0) is 0 Å². The van der Waals surface area contributed by atoms with E-state index < -0.39 is 38.0 Å². The first-order valence-corrected chi connectivity index (χ1v) is 5.16. The second-order valence-electron chi connectivity index (χ2n) is 3.50. The quantitative estimate of drug-likeness (QED) is 0.781. The predicted molar refractivity (Wildman–Crippen MR) is 69.3 cm³/mol. The van der Waals surface area contributed by atoms with E-state index in [1.807, 2.05) is 0 Å². The van der Waals surface area contributed by atoms with E-state index in [0.717, 1.165) is 0 Å². The third-order valence-electron chi connectivity index (χ3n) is 2.38. The monoisotopic (exact) mass is 251 g/mol. The first kappa shape index (κ1) is 4.61. The molecule has 2 heterocycles. The van der Waals surface area contributed by atoms with Gasteiger partial charge in [-0.1, -0.05) is 0 Å². The van der Waals surface area contributed by atoms with Gasteiger partial charge in [-0.15, -0.1) is 0 Å². The number of piperidine rings is 1. The molecule has 3 rings (SSSR count). The summed E-state index contributed by atoms with van der Waals surface area (Å²) >= 11 is 0. The molecular formula is C14H15N3O. The molecule has 0 atom stereocenters. The lowest BCUT2D eigenvalue weighted by Gasteiger charge is -2.26. The maximum atomic E-state index is 13.0. The van der Waals surface area contributed by atoms with Crippen molar-refractivity contribution in [2.45, 2.75) is 19.1 Å². The molecule has 92 valence electrons. The predicted octanol–water partition coefficient (Wildman–Crippen LogP) is 2.26. The molecule has 0 saturated carbocycles. The van der Waals surface area contributed by atoms with Gasteiger partial charge in [0.05, 0.1) is 11.0 Å². The van der Waals surface area contributed by atoms with E-state index in [-0.39, 0.29) is 16.0 Å². The topological polar surface area (TPSA) is 46.1 Å². The van der Waals surface area contributed by atoms with Crippen molar-refractivity contribution in [2.75, 3.05) is 13.0 Å². The number of amides is 1. The molecule has 2 aromatic rings. The zero-order chi connectivity index (χ0) is 21.3. The van der Waals surface area contributed by atoms with E-state index in [2.05, 4.69) is 9.97 Å². The number of hydrogen-bond donors (Lipinski definition) is 0. The maximum Gasteiger partial charge on any atom is 0.253 e. The zero-order valence-corrected chi connectivity index (χ0v) is 9.14.